The van der Waals surface area contributed by atoms with Crippen molar-refractivity contribution in [2.24, 2.45) is 4.99 Å². The van der Waals surface area contributed by atoms with Gasteiger partial charge in [-0.1, -0.05) is 18.2 Å². The molecule has 0 saturated carbocycles. The van der Waals surface area contributed by atoms with Gasteiger partial charge in [-0.25, -0.2) is 0 Å². The fourth-order valence-electron chi connectivity index (χ4n) is 1.87. The minimum atomic E-state index is 0. The van der Waals surface area contributed by atoms with E-state index in [1.54, 1.807) is 14.2 Å². The first kappa shape index (κ1) is 21.0. The van der Waals surface area contributed by atoms with Crippen molar-refractivity contribution in [3.8, 4) is 5.75 Å². The van der Waals surface area contributed by atoms with Gasteiger partial charge in [0.05, 0.1) is 7.11 Å². The molecule has 0 aliphatic heterocycles. The van der Waals surface area contributed by atoms with Gasteiger partial charge in [0.1, 0.15) is 5.75 Å². The highest BCUT2D eigenvalue weighted by Gasteiger charge is 2.07. The summed E-state index contributed by atoms with van der Waals surface area (Å²) >= 11 is 0. The number of hydrogen-bond donors (Lipinski definition) is 3. The van der Waals surface area contributed by atoms with E-state index in [1.807, 2.05) is 24.3 Å². The van der Waals surface area contributed by atoms with Crippen LogP contribution in [0.5, 0.6) is 5.75 Å². The molecule has 0 radical (unpaired) electrons. The topological polar surface area (TPSA) is 57.7 Å². The summed E-state index contributed by atoms with van der Waals surface area (Å²) in [6.45, 7) is 8.85. The van der Waals surface area contributed by atoms with Crippen LogP contribution in [0.4, 0.5) is 0 Å². The first-order chi connectivity index (χ1) is 9.96. The molecule has 0 saturated heterocycles. The zero-order valence-corrected chi connectivity index (χ0v) is 16.5. The SMILES string of the molecule is CN=C(NCCNC(C)(C)C)NCc1ccccc1OC.I. The molecule has 0 spiro atoms. The number of ether oxygens (including phenoxy) is 1. The van der Waals surface area contributed by atoms with Crippen LogP contribution in [-0.2, 0) is 6.54 Å². The van der Waals surface area contributed by atoms with Crippen molar-refractivity contribution in [3.63, 3.8) is 0 Å². The van der Waals surface area contributed by atoms with Gasteiger partial charge in [0.2, 0.25) is 0 Å². The van der Waals surface area contributed by atoms with E-state index in [9.17, 15) is 0 Å². The zero-order chi connectivity index (χ0) is 15.7. The molecule has 0 amide bonds. The molecular formula is C16H29IN4O. The molecule has 1 rings (SSSR count). The second-order valence-corrected chi connectivity index (χ2v) is 5.84. The minimum absolute atomic E-state index is 0. The third kappa shape index (κ3) is 8.43. The van der Waals surface area contributed by atoms with Gasteiger partial charge in [-0.05, 0) is 26.8 Å². The molecule has 0 unspecified atom stereocenters. The van der Waals surface area contributed by atoms with Crippen LogP contribution in [0.2, 0.25) is 0 Å². The van der Waals surface area contributed by atoms with Crippen molar-refractivity contribution in [1.82, 2.24) is 16.0 Å². The Hall–Kier alpha value is -1.02. The third-order valence-corrected chi connectivity index (χ3v) is 2.94. The molecule has 0 aliphatic carbocycles. The van der Waals surface area contributed by atoms with E-state index in [0.717, 1.165) is 30.4 Å². The van der Waals surface area contributed by atoms with Gasteiger partial charge in [0.15, 0.2) is 5.96 Å². The molecule has 0 bridgehead atoms. The van der Waals surface area contributed by atoms with Crippen LogP contribution in [0, 0.1) is 0 Å². The molecule has 1 aromatic rings. The average molecular weight is 420 g/mol. The highest BCUT2D eigenvalue weighted by Crippen LogP contribution is 2.16. The predicted molar refractivity (Wildman–Crippen MR) is 104 cm³/mol. The van der Waals surface area contributed by atoms with Gasteiger partial charge in [-0.2, -0.15) is 0 Å². The number of hydrogen-bond acceptors (Lipinski definition) is 3. The first-order valence-corrected chi connectivity index (χ1v) is 7.27. The largest absolute Gasteiger partial charge is 0.496 e. The number of rotatable bonds is 6. The maximum Gasteiger partial charge on any atom is 0.191 e. The standard InChI is InChI=1S/C16H28N4O.HI/c1-16(2,3)20-11-10-18-15(17-4)19-12-13-8-6-7-9-14(13)21-5;/h6-9,20H,10-12H2,1-5H3,(H2,17,18,19);1H. The molecule has 22 heavy (non-hydrogen) atoms. The number of nitrogens with zero attached hydrogens (tertiary/aromatic N) is 1. The Bertz CT molecular complexity index is 458. The van der Waals surface area contributed by atoms with Gasteiger partial charge in [0, 0.05) is 37.8 Å². The van der Waals surface area contributed by atoms with Crippen LogP contribution in [0.3, 0.4) is 0 Å². The Labute approximate surface area is 151 Å². The van der Waals surface area contributed by atoms with Crippen LogP contribution in [0.25, 0.3) is 0 Å². The average Bonchev–Trinajstić information content (AvgIpc) is 2.45. The summed E-state index contributed by atoms with van der Waals surface area (Å²) in [6, 6.07) is 7.97. The molecule has 0 heterocycles. The Morgan fingerprint density at radius 3 is 2.41 bits per heavy atom. The normalized spacial score (nSPS) is 11.6. The Balaban J connectivity index is 0.00000441. The molecule has 5 nitrogen and oxygen atoms in total. The number of nitrogens with one attached hydrogen (secondary N) is 3. The van der Waals surface area contributed by atoms with Crippen LogP contribution < -0.4 is 20.7 Å². The van der Waals surface area contributed by atoms with Crippen LogP contribution >= 0.6 is 24.0 Å². The van der Waals surface area contributed by atoms with E-state index in [2.05, 4.69) is 41.7 Å². The van der Waals surface area contributed by atoms with E-state index in [-0.39, 0.29) is 29.5 Å². The zero-order valence-electron chi connectivity index (χ0n) is 14.2. The van der Waals surface area contributed by atoms with E-state index >= 15 is 0 Å². The number of benzene rings is 1. The Kier molecular flexibility index (Phi) is 10.2. The Morgan fingerprint density at radius 2 is 1.82 bits per heavy atom. The predicted octanol–water partition coefficient (Wildman–Crippen LogP) is 2.37. The number of halogens is 1. The molecular weight excluding hydrogens is 391 g/mol. The number of aliphatic imine (C=N–C) groups is 1. The first-order valence-electron chi connectivity index (χ1n) is 7.27. The molecule has 0 fully saturated rings. The summed E-state index contributed by atoms with van der Waals surface area (Å²) in [5, 5.41) is 10.0. The maximum atomic E-state index is 5.34. The maximum absolute atomic E-state index is 5.34. The van der Waals surface area contributed by atoms with E-state index in [4.69, 9.17) is 4.74 Å². The van der Waals surface area contributed by atoms with Crippen LogP contribution in [0.1, 0.15) is 26.3 Å². The summed E-state index contributed by atoms with van der Waals surface area (Å²) in [4.78, 5) is 4.22. The summed E-state index contributed by atoms with van der Waals surface area (Å²) in [5.74, 6) is 1.67. The van der Waals surface area contributed by atoms with E-state index < -0.39 is 0 Å². The van der Waals surface area contributed by atoms with Crippen molar-refractivity contribution in [2.45, 2.75) is 32.9 Å². The second-order valence-electron chi connectivity index (χ2n) is 5.84. The molecule has 0 aromatic heterocycles. The molecule has 0 aliphatic rings. The smallest absolute Gasteiger partial charge is 0.191 e. The van der Waals surface area contributed by atoms with Gasteiger partial charge in [-0.3, -0.25) is 4.99 Å². The molecule has 3 N–H and O–H groups in total. The summed E-state index contributed by atoms with van der Waals surface area (Å²) in [5.41, 5.74) is 1.24. The van der Waals surface area contributed by atoms with Crippen molar-refractivity contribution in [2.75, 3.05) is 27.2 Å². The van der Waals surface area contributed by atoms with Crippen molar-refractivity contribution >= 4 is 29.9 Å². The van der Waals surface area contributed by atoms with Crippen molar-refractivity contribution < 1.29 is 4.74 Å². The quantitative estimate of drug-likeness (QED) is 0.286. The molecule has 0 atom stereocenters. The van der Waals surface area contributed by atoms with Gasteiger partial charge < -0.3 is 20.7 Å². The molecule has 1 aromatic carbocycles. The molecule has 6 heteroatoms. The van der Waals surface area contributed by atoms with Gasteiger partial charge in [0.25, 0.3) is 0 Å². The molecule has 126 valence electrons. The van der Waals surface area contributed by atoms with Crippen LogP contribution in [0.15, 0.2) is 29.3 Å². The lowest BCUT2D eigenvalue weighted by Gasteiger charge is -2.21. The fourth-order valence-corrected chi connectivity index (χ4v) is 1.87. The minimum Gasteiger partial charge on any atom is -0.496 e. The lowest BCUT2D eigenvalue weighted by molar-refractivity contribution is 0.409. The fraction of sp³-hybridized carbons (Fsp3) is 0.562. The number of para-hydroxylation sites is 1. The van der Waals surface area contributed by atoms with Crippen LogP contribution in [-0.4, -0.2) is 38.7 Å². The highest BCUT2D eigenvalue weighted by atomic mass is 127. The lowest BCUT2D eigenvalue weighted by Crippen LogP contribution is -2.44. The van der Waals surface area contributed by atoms with Crippen molar-refractivity contribution in [3.05, 3.63) is 29.8 Å². The van der Waals surface area contributed by atoms with Gasteiger partial charge >= 0.3 is 0 Å². The summed E-state index contributed by atoms with van der Waals surface area (Å²) < 4.78 is 5.34. The third-order valence-electron chi connectivity index (χ3n) is 2.94. The second kappa shape index (κ2) is 10.7. The van der Waals surface area contributed by atoms with E-state index in [0.29, 0.717) is 6.54 Å². The summed E-state index contributed by atoms with van der Waals surface area (Å²) in [7, 11) is 3.46. The highest BCUT2D eigenvalue weighted by molar-refractivity contribution is 14.0. The monoisotopic (exact) mass is 420 g/mol. The summed E-state index contributed by atoms with van der Waals surface area (Å²) in [6.07, 6.45) is 0. The van der Waals surface area contributed by atoms with Gasteiger partial charge in [-0.15, -0.1) is 24.0 Å². The number of methoxy groups -OCH3 is 1. The lowest BCUT2D eigenvalue weighted by atomic mass is 10.1. The number of guanidine groups is 1. The Morgan fingerprint density at radius 1 is 1.14 bits per heavy atom. The van der Waals surface area contributed by atoms with E-state index in [1.165, 1.54) is 0 Å². The van der Waals surface area contributed by atoms with Crippen molar-refractivity contribution in [1.29, 1.82) is 0 Å².